The van der Waals surface area contributed by atoms with Crippen molar-refractivity contribution in [1.29, 1.82) is 0 Å². The van der Waals surface area contributed by atoms with Crippen LogP contribution in [0.3, 0.4) is 0 Å². The van der Waals surface area contributed by atoms with Gasteiger partial charge in [0.25, 0.3) is 0 Å². The molecule has 0 aliphatic carbocycles. The fourth-order valence-electron chi connectivity index (χ4n) is 2.47. The lowest BCUT2D eigenvalue weighted by Gasteiger charge is -2.10. The van der Waals surface area contributed by atoms with E-state index in [1.807, 2.05) is 31.2 Å². The smallest absolute Gasteiger partial charge is 0.416 e. The summed E-state index contributed by atoms with van der Waals surface area (Å²) in [5.41, 5.74) is 1.02. The highest BCUT2D eigenvalue weighted by Gasteiger charge is 2.30. The molecule has 0 aliphatic heterocycles. The number of halogens is 3. The van der Waals surface area contributed by atoms with E-state index in [1.54, 1.807) is 11.6 Å². The highest BCUT2D eigenvalue weighted by atomic mass is 32.2. The molecule has 3 rings (SSSR count). The summed E-state index contributed by atoms with van der Waals surface area (Å²) in [5.74, 6) is 0.455. The molecule has 3 aromatic rings. The van der Waals surface area contributed by atoms with E-state index in [-0.39, 0.29) is 24.0 Å². The van der Waals surface area contributed by atoms with E-state index in [0.717, 1.165) is 17.7 Å². The highest BCUT2D eigenvalue weighted by molar-refractivity contribution is 7.99. The molecule has 2 aromatic carbocycles. The van der Waals surface area contributed by atoms with E-state index < -0.39 is 11.7 Å². The fraction of sp³-hybridized carbons (Fsp3) is 0.250. The summed E-state index contributed by atoms with van der Waals surface area (Å²) in [6.45, 7) is 1.91. The van der Waals surface area contributed by atoms with Crippen molar-refractivity contribution in [2.45, 2.75) is 24.9 Å². The SMILES string of the molecule is Cc1ccc(NC(=O)CSc2nnc(COc3cccc(C(F)(F)F)c3)n2C)cc1. The number of rotatable bonds is 7. The molecule has 0 radical (unpaired) electrons. The van der Waals surface area contributed by atoms with Gasteiger partial charge in [0, 0.05) is 12.7 Å². The van der Waals surface area contributed by atoms with Crippen LogP contribution >= 0.6 is 11.8 Å². The minimum Gasteiger partial charge on any atom is -0.486 e. The first-order chi connectivity index (χ1) is 14.2. The van der Waals surface area contributed by atoms with Gasteiger partial charge in [0.1, 0.15) is 12.4 Å². The van der Waals surface area contributed by atoms with Crippen LogP contribution in [0.15, 0.2) is 53.7 Å². The van der Waals surface area contributed by atoms with Crippen molar-refractivity contribution in [2.24, 2.45) is 7.05 Å². The van der Waals surface area contributed by atoms with Crippen LogP contribution in [0.25, 0.3) is 0 Å². The first kappa shape index (κ1) is 21.7. The molecule has 0 bridgehead atoms. The van der Waals surface area contributed by atoms with Crippen LogP contribution in [0.5, 0.6) is 5.75 Å². The first-order valence-electron chi connectivity index (χ1n) is 8.90. The van der Waals surface area contributed by atoms with Gasteiger partial charge in [0.15, 0.2) is 11.0 Å². The first-order valence-corrected chi connectivity index (χ1v) is 9.88. The number of hydrogen-bond donors (Lipinski definition) is 1. The largest absolute Gasteiger partial charge is 0.486 e. The van der Waals surface area contributed by atoms with Gasteiger partial charge in [-0.2, -0.15) is 13.2 Å². The molecule has 0 aliphatic rings. The van der Waals surface area contributed by atoms with E-state index in [2.05, 4.69) is 15.5 Å². The van der Waals surface area contributed by atoms with E-state index in [0.29, 0.717) is 16.7 Å². The quantitative estimate of drug-likeness (QED) is 0.554. The van der Waals surface area contributed by atoms with Crippen molar-refractivity contribution in [3.8, 4) is 5.75 Å². The number of anilines is 1. The maximum atomic E-state index is 12.8. The summed E-state index contributed by atoms with van der Waals surface area (Å²) in [4.78, 5) is 12.1. The Hall–Kier alpha value is -3.01. The van der Waals surface area contributed by atoms with Crippen LogP contribution < -0.4 is 10.1 Å². The van der Waals surface area contributed by atoms with Gasteiger partial charge in [0.2, 0.25) is 5.91 Å². The standard InChI is InChI=1S/C20H19F3N4O2S/c1-13-6-8-15(9-7-13)24-18(28)12-30-19-26-25-17(27(19)2)11-29-16-5-3-4-14(10-16)20(21,22)23/h3-10H,11-12H2,1-2H3,(H,24,28). The second-order valence-electron chi connectivity index (χ2n) is 6.47. The summed E-state index contributed by atoms with van der Waals surface area (Å²) in [6.07, 6.45) is -4.44. The van der Waals surface area contributed by atoms with E-state index in [9.17, 15) is 18.0 Å². The van der Waals surface area contributed by atoms with Crippen molar-refractivity contribution in [1.82, 2.24) is 14.8 Å². The van der Waals surface area contributed by atoms with Gasteiger partial charge in [-0.15, -0.1) is 10.2 Å². The molecule has 10 heteroatoms. The molecular formula is C20H19F3N4O2S. The Bertz CT molecular complexity index is 1020. The van der Waals surface area contributed by atoms with Crippen LogP contribution in [-0.2, 0) is 24.6 Å². The zero-order chi connectivity index (χ0) is 21.7. The second kappa shape index (κ2) is 9.21. The van der Waals surface area contributed by atoms with Gasteiger partial charge >= 0.3 is 6.18 Å². The molecule has 0 fully saturated rings. The average Bonchev–Trinajstić information content (AvgIpc) is 3.06. The molecule has 1 aromatic heterocycles. The Morgan fingerprint density at radius 3 is 2.60 bits per heavy atom. The lowest BCUT2D eigenvalue weighted by atomic mass is 10.2. The second-order valence-corrected chi connectivity index (χ2v) is 7.42. The summed E-state index contributed by atoms with van der Waals surface area (Å²) in [5, 5.41) is 11.3. The van der Waals surface area contributed by atoms with E-state index in [1.165, 1.54) is 23.9 Å². The normalized spacial score (nSPS) is 11.4. The van der Waals surface area contributed by atoms with Crippen LogP contribution in [0, 0.1) is 6.92 Å². The summed E-state index contributed by atoms with van der Waals surface area (Å²) >= 11 is 1.20. The van der Waals surface area contributed by atoms with Gasteiger partial charge in [-0.05, 0) is 37.3 Å². The predicted molar refractivity (Wildman–Crippen MR) is 107 cm³/mol. The number of alkyl halides is 3. The van der Waals surface area contributed by atoms with Crippen LogP contribution in [0.1, 0.15) is 17.0 Å². The number of amides is 1. The topological polar surface area (TPSA) is 69.0 Å². The minimum atomic E-state index is -4.44. The number of hydrogen-bond acceptors (Lipinski definition) is 5. The molecular weight excluding hydrogens is 417 g/mol. The molecule has 0 atom stereocenters. The third-order valence-electron chi connectivity index (χ3n) is 4.12. The lowest BCUT2D eigenvalue weighted by Crippen LogP contribution is -2.14. The Balaban J connectivity index is 1.54. The van der Waals surface area contributed by atoms with Gasteiger partial charge in [0.05, 0.1) is 11.3 Å². The number of carbonyl (C=O) groups excluding carboxylic acids is 1. The zero-order valence-corrected chi connectivity index (χ0v) is 17.0. The number of thioether (sulfide) groups is 1. The van der Waals surface area contributed by atoms with Crippen LogP contribution in [0.4, 0.5) is 18.9 Å². The maximum absolute atomic E-state index is 12.8. The van der Waals surface area contributed by atoms with Gasteiger partial charge in [-0.25, -0.2) is 0 Å². The highest BCUT2D eigenvalue weighted by Crippen LogP contribution is 2.31. The van der Waals surface area contributed by atoms with E-state index in [4.69, 9.17) is 4.74 Å². The summed E-state index contributed by atoms with van der Waals surface area (Å²) < 4.78 is 45.4. The van der Waals surface area contributed by atoms with Crippen molar-refractivity contribution >= 4 is 23.4 Å². The number of ether oxygens (including phenoxy) is 1. The maximum Gasteiger partial charge on any atom is 0.416 e. The average molecular weight is 436 g/mol. The summed E-state index contributed by atoms with van der Waals surface area (Å²) in [6, 6.07) is 12.1. The summed E-state index contributed by atoms with van der Waals surface area (Å²) in [7, 11) is 1.70. The molecule has 1 heterocycles. The minimum absolute atomic E-state index is 0.0546. The number of nitrogens with zero attached hydrogens (tertiary/aromatic N) is 3. The number of aromatic nitrogens is 3. The molecule has 0 saturated carbocycles. The lowest BCUT2D eigenvalue weighted by molar-refractivity contribution is -0.137. The van der Waals surface area contributed by atoms with Crippen molar-refractivity contribution in [3.05, 3.63) is 65.5 Å². The molecule has 0 unspecified atom stereocenters. The Morgan fingerprint density at radius 2 is 1.90 bits per heavy atom. The van der Waals surface area contributed by atoms with Gasteiger partial charge in [-0.3, -0.25) is 4.79 Å². The number of aryl methyl sites for hydroxylation is 1. The van der Waals surface area contributed by atoms with Crippen LogP contribution in [-0.4, -0.2) is 26.4 Å². The van der Waals surface area contributed by atoms with Crippen LogP contribution in [0.2, 0.25) is 0 Å². The van der Waals surface area contributed by atoms with Crippen molar-refractivity contribution < 1.29 is 22.7 Å². The molecule has 30 heavy (non-hydrogen) atoms. The molecule has 0 saturated heterocycles. The monoisotopic (exact) mass is 436 g/mol. The number of nitrogens with one attached hydrogen (secondary N) is 1. The Kier molecular flexibility index (Phi) is 6.66. The molecule has 6 nitrogen and oxygen atoms in total. The number of carbonyl (C=O) groups is 1. The fourth-order valence-corrected chi connectivity index (χ4v) is 3.20. The number of benzene rings is 2. The van der Waals surface area contributed by atoms with Gasteiger partial charge in [-0.1, -0.05) is 35.5 Å². The molecule has 158 valence electrons. The molecule has 1 amide bonds. The van der Waals surface area contributed by atoms with Gasteiger partial charge < -0.3 is 14.6 Å². The molecule has 0 spiro atoms. The third-order valence-corrected chi connectivity index (χ3v) is 5.14. The third kappa shape index (κ3) is 5.76. The Morgan fingerprint density at radius 1 is 1.17 bits per heavy atom. The predicted octanol–water partition coefficient (Wildman–Crippen LogP) is 4.45. The van der Waals surface area contributed by atoms with Crippen molar-refractivity contribution in [2.75, 3.05) is 11.1 Å². The van der Waals surface area contributed by atoms with E-state index >= 15 is 0 Å². The zero-order valence-electron chi connectivity index (χ0n) is 16.2. The Labute approximate surface area is 175 Å². The van der Waals surface area contributed by atoms with Crippen molar-refractivity contribution in [3.63, 3.8) is 0 Å². The molecule has 1 N–H and O–H groups in total.